The molecule has 0 spiro atoms. The number of piperazine rings is 1. The molecule has 1 aliphatic rings. The number of thiazole rings is 1. The van der Waals surface area contributed by atoms with Crippen LogP contribution in [0.15, 0.2) is 54.0 Å². The van der Waals surface area contributed by atoms with Crippen LogP contribution in [0.2, 0.25) is 0 Å². The summed E-state index contributed by atoms with van der Waals surface area (Å²) in [6.45, 7) is 2.49. The summed E-state index contributed by atoms with van der Waals surface area (Å²) >= 11 is 1.13. The first-order valence-electron chi connectivity index (χ1n) is 9.08. The van der Waals surface area contributed by atoms with Crippen molar-refractivity contribution >= 4 is 34.1 Å². The summed E-state index contributed by atoms with van der Waals surface area (Å²) in [6, 6.07) is 11.5. The normalized spacial score (nSPS) is 14.0. The highest BCUT2D eigenvalue weighted by Crippen LogP contribution is 2.20. The van der Waals surface area contributed by atoms with Crippen LogP contribution in [0.25, 0.3) is 0 Å². The zero-order valence-electron chi connectivity index (χ0n) is 15.4. The standard InChI is InChI=1S/C20H18FN5O2S/c21-15-6-2-1-5-14(15)18(27)24-20-23-16(13-29-20)19(28)26-11-9-25(10-12-26)17-7-3-4-8-22-17/h1-8,13H,9-12H2,(H,23,24,27). The Morgan fingerprint density at radius 2 is 1.79 bits per heavy atom. The van der Waals surface area contributed by atoms with Crippen molar-refractivity contribution < 1.29 is 14.0 Å². The number of nitrogens with zero attached hydrogens (tertiary/aromatic N) is 4. The average Bonchev–Trinajstić information content (AvgIpc) is 3.22. The molecule has 9 heteroatoms. The maximum Gasteiger partial charge on any atom is 0.273 e. The van der Waals surface area contributed by atoms with Crippen LogP contribution in [0, 0.1) is 5.82 Å². The molecule has 0 saturated carbocycles. The molecule has 148 valence electrons. The predicted molar refractivity (Wildman–Crippen MR) is 109 cm³/mol. The lowest BCUT2D eigenvalue weighted by Gasteiger charge is -2.35. The number of hydrogen-bond donors (Lipinski definition) is 1. The molecule has 0 bridgehead atoms. The van der Waals surface area contributed by atoms with E-state index in [0.29, 0.717) is 26.2 Å². The molecule has 0 radical (unpaired) electrons. The van der Waals surface area contributed by atoms with Crippen molar-refractivity contribution in [3.05, 3.63) is 71.1 Å². The van der Waals surface area contributed by atoms with Crippen LogP contribution >= 0.6 is 11.3 Å². The van der Waals surface area contributed by atoms with Gasteiger partial charge in [-0.2, -0.15) is 0 Å². The zero-order valence-corrected chi connectivity index (χ0v) is 16.2. The Morgan fingerprint density at radius 3 is 2.52 bits per heavy atom. The Kier molecular flexibility index (Phi) is 5.48. The van der Waals surface area contributed by atoms with Crippen LogP contribution in [-0.2, 0) is 0 Å². The van der Waals surface area contributed by atoms with Crippen molar-refractivity contribution in [1.29, 1.82) is 0 Å². The zero-order chi connectivity index (χ0) is 20.2. The Hall–Kier alpha value is -3.33. The molecule has 3 heterocycles. The maximum absolute atomic E-state index is 13.7. The number of aromatic nitrogens is 2. The van der Waals surface area contributed by atoms with E-state index in [1.54, 1.807) is 22.5 Å². The molecule has 2 aromatic heterocycles. The van der Waals surface area contributed by atoms with Gasteiger partial charge >= 0.3 is 0 Å². The summed E-state index contributed by atoms with van der Waals surface area (Å²) in [5.74, 6) is -0.497. The molecular weight excluding hydrogens is 393 g/mol. The lowest BCUT2D eigenvalue weighted by Crippen LogP contribution is -2.49. The van der Waals surface area contributed by atoms with Crippen molar-refractivity contribution in [2.75, 3.05) is 36.4 Å². The predicted octanol–water partition coefficient (Wildman–Crippen LogP) is 2.89. The van der Waals surface area contributed by atoms with E-state index in [9.17, 15) is 14.0 Å². The first-order chi connectivity index (χ1) is 14.1. The molecule has 4 rings (SSSR count). The minimum absolute atomic E-state index is 0.0683. The van der Waals surface area contributed by atoms with E-state index in [0.717, 1.165) is 17.2 Å². The lowest BCUT2D eigenvalue weighted by molar-refractivity contribution is 0.0741. The highest BCUT2D eigenvalue weighted by molar-refractivity contribution is 7.14. The summed E-state index contributed by atoms with van der Waals surface area (Å²) in [4.78, 5) is 37.3. The Balaban J connectivity index is 1.36. The Morgan fingerprint density at radius 1 is 1.03 bits per heavy atom. The summed E-state index contributed by atoms with van der Waals surface area (Å²) in [5.41, 5.74) is 0.200. The number of carbonyl (C=O) groups is 2. The van der Waals surface area contributed by atoms with Gasteiger partial charge in [0.05, 0.1) is 5.56 Å². The summed E-state index contributed by atoms with van der Waals surface area (Å²) in [7, 11) is 0. The fourth-order valence-electron chi connectivity index (χ4n) is 3.08. The molecule has 0 atom stereocenters. The molecule has 1 saturated heterocycles. The quantitative estimate of drug-likeness (QED) is 0.714. The maximum atomic E-state index is 13.7. The molecule has 0 unspecified atom stereocenters. The van der Waals surface area contributed by atoms with Crippen LogP contribution in [0.3, 0.4) is 0 Å². The Bertz CT molecular complexity index is 1020. The van der Waals surface area contributed by atoms with Crippen molar-refractivity contribution in [2.45, 2.75) is 0 Å². The molecule has 1 fully saturated rings. The largest absolute Gasteiger partial charge is 0.353 e. The molecule has 0 aliphatic carbocycles. The van der Waals surface area contributed by atoms with E-state index in [1.165, 1.54) is 18.2 Å². The van der Waals surface area contributed by atoms with Crippen LogP contribution in [-0.4, -0.2) is 52.9 Å². The molecule has 29 heavy (non-hydrogen) atoms. The van der Waals surface area contributed by atoms with Gasteiger partial charge in [0.15, 0.2) is 5.13 Å². The summed E-state index contributed by atoms with van der Waals surface area (Å²) in [6.07, 6.45) is 1.75. The van der Waals surface area contributed by atoms with Crippen molar-refractivity contribution in [3.63, 3.8) is 0 Å². The Labute approximate surface area is 170 Å². The number of hydrogen-bond acceptors (Lipinski definition) is 6. The second-order valence-electron chi connectivity index (χ2n) is 6.44. The second kappa shape index (κ2) is 8.36. The van der Waals surface area contributed by atoms with Crippen LogP contribution in [0.5, 0.6) is 0 Å². The molecule has 1 N–H and O–H groups in total. The number of halogens is 1. The van der Waals surface area contributed by atoms with Gasteiger partial charge in [-0.05, 0) is 24.3 Å². The van der Waals surface area contributed by atoms with E-state index in [1.807, 2.05) is 18.2 Å². The minimum Gasteiger partial charge on any atom is -0.353 e. The molecule has 7 nitrogen and oxygen atoms in total. The van der Waals surface area contributed by atoms with Crippen LogP contribution < -0.4 is 10.2 Å². The minimum atomic E-state index is -0.608. The molecular formula is C20H18FN5O2S. The van der Waals surface area contributed by atoms with Gasteiger partial charge in [0.1, 0.15) is 17.3 Å². The van der Waals surface area contributed by atoms with Crippen molar-refractivity contribution in [3.8, 4) is 0 Å². The van der Waals surface area contributed by atoms with Crippen LogP contribution in [0.1, 0.15) is 20.8 Å². The number of amides is 2. The fraction of sp³-hybridized carbons (Fsp3) is 0.200. The van der Waals surface area contributed by atoms with E-state index >= 15 is 0 Å². The summed E-state index contributed by atoms with van der Waals surface area (Å²) < 4.78 is 13.7. The van der Waals surface area contributed by atoms with Crippen molar-refractivity contribution in [1.82, 2.24) is 14.9 Å². The van der Waals surface area contributed by atoms with Gasteiger partial charge in [-0.3, -0.25) is 14.9 Å². The molecule has 1 aromatic carbocycles. The van der Waals surface area contributed by atoms with Crippen LogP contribution in [0.4, 0.5) is 15.3 Å². The second-order valence-corrected chi connectivity index (χ2v) is 7.30. The number of anilines is 2. The monoisotopic (exact) mass is 411 g/mol. The van der Waals surface area contributed by atoms with Gasteiger partial charge in [-0.1, -0.05) is 18.2 Å². The van der Waals surface area contributed by atoms with Gasteiger partial charge < -0.3 is 9.80 Å². The highest BCUT2D eigenvalue weighted by atomic mass is 32.1. The van der Waals surface area contributed by atoms with Crippen molar-refractivity contribution in [2.24, 2.45) is 0 Å². The molecule has 3 aromatic rings. The van der Waals surface area contributed by atoms with Gasteiger partial charge in [0.2, 0.25) is 0 Å². The van der Waals surface area contributed by atoms with Gasteiger partial charge in [0.25, 0.3) is 11.8 Å². The number of benzene rings is 1. The highest BCUT2D eigenvalue weighted by Gasteiger charge is 2.24. The smallest absolute Gasteiger partial charge is 0.273 e. The summed E-state index contributed by atoms with van der Waals surface area (Å²) in [5, 5.41) is 4.41. The van der Waals surface area contributed by atoms with E-state index in [4.69, 9.17) is 0 Å². The first-order valence-corrected chi connectivity index (χ1v) is 9.96. The van der Waals surface area contributed by atoms with Gasteiger partial charge in [-0.15, -0.1) is 11.3 Å². The van der Waals surface area contributed by atoms with E-state index in [-0.39, 0.29) is 22.3 Å². The number of carbonyl (C=O) groups excluding carboxylic acids is 2. The number of pyridine rings is 1. The molecule has 2 amide bonds. The molecule has 1 aliphatic heterocycles. The topological polar surface area (TPSA) is 78.4 Å². The third kappa shape index (κ3) is 4.24. The lowest BCUT2D eigenvalue weighted by atomic mass is 10.2. The van der Waals surface area contributed by atoms with E-state index < -0.39 is 11.7 Å². The SMILES string of the molecule is O=C(Nc1nc(C(=O)N2CCN(c3ccccn3)CC2)cs1)c1ccccc1F. The van der Waals surface area contributed by atoms with E-state index in [2.05, 4.69) is 20.2 Å². The third-order valence-electron chi connectivity index (χ3n) is 4.60. The average molecular weight is 411 g/mol. The number of nitrogens with one attached hydrogen (secondary N) is 1. The van der Waals surface area contributed by atoms with Gasteiger partial charge in [0, 0.05) is 37.8 Å². The first kappa shape index (κ1) is 19.0. The fourth-order valence-corrected chi connectivity index (χ4v) is 3.76. The number of rotatable bonds is 4. The third-order valence-corrected chi connectivity index (χ3v) is 5.36. The van der Waals surface area contributed by atoms with Gasteiger partial charge in [-0.25, -0.2) is 14.4 Å².